The second kappa shape index (κ2) is 7.46. The van der Waals surface area contributed by atoms with Gasteiger partial charge in [0.25, 0.3) is 5.91 Å². The summed E-state index contributed by atoms with van der Waals surface area (Å²) >= 11 is 0. The minimum atomic E-state index is -3.29. The van der Waals surface area contributed by atoms with Gasteiger partial charge in [0.05, 0.1) is 16.8 Å². The van der Waals surface area contributed by atoms with E-state index in [-0.39, 0.29) is 23.2 Å². The summed E-state index contributed by atoms with van der Waals surface area (Å²) in [5.41, 5.74) is 0.262. The summed E-state index contributed by atoms with van der Waals surface area (Å²) in [4.78, 5) is 12.6. The zero-order valence-corrected chi connectivity index (χ0v) is 15.4. The zero-order chi connectivity index (χ0) is 17.9. The van der Waals surface area contributed by atoms with Crippen molar-refractivity contribution in [3.8, 4) is 0 Å². The summed E-state index contributed by atoms with van der Waals surface area (Å²) in [7, 11) is -3.29. The summed E-state index contributed by atoms with van der Waals surface area (Å²) in [5.74, 6) is -0.218. The lowest BCUT2D eigenvalue weighted by Crippen LogP contribution is -2.38. The summed E-state index contributed by atoms with van der Waals surface area (Å²) in [6, 6.07) is 6.24. The molecule has 2 saturated carbocycles. The molecule has 138 valence electrons. The minimum Gasteiger partial charge on any atom is -0.396 e. The maximum atomic E-state index is 12.6. The molecule has 0 heterocycles. The van der Waals surface area contributed by atoms with Crippen LogP contribution in [0, 0.1) is 5.41 Å². The molecule has 6 heteroatoms. The number of hydrogen-bond acceptors (Lipinski definition) is 4. The van der Waals surface area contributed by atoms with Gasteiger partial charge in [0.1, 0.15) is 0 Å². The molecule has 0 aliphatic heterocycles. The standard InChI is InChI=1S/C19H27NO4S/c21-14-19(11-3-4-12-19)13-20-18(22)15-7-9-17(10-8-15)25(23,24)16-5-1-2-6-16/h7-10,16,21H,1-6,11-14H2,(H,20,22). The highest BCUT2D eigenvalue weighted by Crippen LogP contribution is 2.37. The molecule has 0 spiro atoms. The van der Waals surface area contributed by atoms with Crippen LogP contribution in [0.3, 0.4) is 0 Å². The summed E-state index contributed by atoms with van der Waals surface area (Å²) in [6.07, 6.45) is 7.44. The van der Waals surface area contributed by atoms with Crippen molar-refractivity contribution in [1.29, 1.82) is 0 Å². The van der Waals surface area contributed by atoms with Crippen LogP contribution in [0.25, 0.3) is 0 Å². The predicted octanol–water partition coefficient (Wildman–Crippen LogP) is 2.69. The topological polar surface area (TPSA) is 83.5 Å². The highest BCUT2D eigenvalue weighted by Gasteiger charge is 2.34. The van der Waals surface area contributed by atoms with Gasteiger partial charge < -0.3 is 10.4 Å². The Balaban J connectivity index is 1.64. The van der Waals surface area contributed by atoms with Gasteiger partial charge in [-0.3, -0.25) is 4.79 Å². The normalized spacial score (nSPS) is 20.7. The second-order valence-electron chi connectivity index (χ2n) is 7.52. The van der Waals surface area contributed by atoms with E-state index in [1.165, 1.54) is 0 Å². The van der Waals surface area contributed by atoms with E-state index < -0.39 is 9.84 Å². The Labute approximate surface area is 149 Å². The maximum absolute atomic E-state index is 12.6. The molecule has 1 amide bonds. The molecule has 0 saturated heterocycles. The molecule has 1 aromatic carbocycles. The van der Waals surface area contributed by atoms with Gasteiger partial charge in [-0.1, -0.05) is 25.7 Å². The maximum Gasteiger partial charge on any atom is 0.251 e. The fourth-order valence-electron chi connectivity index (χ4n) is 4.07. The van der Waals surface area contributed by atoms with Crippen molar-refractivity contribution in [2.45, 2.75) is 61.5 Å². The van der Waals surface area contributed by atoms with E-state index in [9.17, 15) is 18.3 Å². The van der Waals surface area contributed by atoms with Gasteiger partial charge in [0.2, 0.25) is 0 Å². The Bertz CT molecular complexity index is 699. The van der Waals surface area contributed by atoms with Crippen LogP contribution in [0.1, 0.15) is 61.7 Å². The molecule has 2 aliphatic rings. The van der Waals surface area contributed by atoms with Gasteiger partial charge in [0, 0.05) is 17.5 Å². The molecule has 2 fully saturated rings. The van der Waals surface area contributed by atoms with E-state index in [0.717, 1.165) is 51.4 Å². The van der Waals surface area contributed by atoms with E-state index in [0.29, 0.717) is 17.0 Å². The number of aliphatic hydroxyl groups is 1. The van der Waals surface area contributed by atoms with Crippen LogP contribution >= 0.6 is 0 Å². The molecule has 1 aromatic rings. The molecule has 0 radical (unpaired) electrons. The van der Waals surface area contributed by atoms with Crippen molar-refractivity contribution < 1.29 is 18.3 Å². The highest BCUT2D eigenvalue weighted by atomic mass is 32.2. The molecule has 3 rings (SSSR count). The molecular weight excluding hydrogens is 338 g/mol. The first-order valence-corrected chi connectivity index (χ1v) is 10.7. The van der Waals surface area contributed by atoms with E-state index in [4.69, 9.17) is 0 Å². The zero-order valence-electron chi connectivity index (χ0n) is 14.5. The van der Waals surface area contributed by atoms with Gasteiger partial charge >= 0.3 is 0 Å². The number of aliphatic hydroxyl groups excluding tert-OH is 1. The van der Waals surface area contributed by atoms with Gasteiger partial charge in [0.15, 0.2) is 9.84 Å². The molecule has 2 N–H and O–H groups in total. The van der Waals surface area contributed by atoms with Gasteiger partial charge in [-0.2, -0.15) is 0 Å². The van der Waals surface area contributed by atoms with Crippen molar-refractivity contribution in [3.63, 3.8) is 0 Å². The summed E-state index contributed by atoms with van der Waals surface area (Å²) in [6.45, 7) is 0.552. The molecule has 2 aliphatic carbocycles. The van der Waals surface area contributed by atoms with Crippen molar-refractivity contribution in [1.82, 2.24) is 5.32 Å². The molecular formula is C19H27NO4S. The largest absolute Gasteiger partial charge is 0.396 e. The number of sulfone groups is 1. The van der Waals surface area contributed by atoms with E-state index in [1.54, 1.807) is 24.3 Å². The molecule has 0 aromatic heterocycles. The summed E-state index contributed by atoms with van der Waals surface area (Å²) < 4.78 is 25.1. The fraction of sp³-hybridized carbons (Fsp3) is 0.632. The monoisotopic (exact) mass is 365 g/mol. The Morgan fingerprint density at radius 1 is 1.08 bits per heavy atom. The number of carbonyl (C=O) groups is 1. The number of benzene rings is 1. The van der Waals surface area contributed by atoms with Gasteiger partial charge in [-0.05, 0) is 49.9 Å². The summed E-state index contributed by atoms with van der Waals surface area (Å²) in [5, 5.41) is 12.2. The third-order valence-corrected chi connectivity index (χ3v) is 8.09. The average Bonchev–Trinajstić information content (AvgIpc) is 3.32. The van der Waals surface area contributed by atoms with Crippen molar-refractivity contribution in [3.05, 3.63) is 29.8 Å². The first kappa shape index (κ1) is 18.4. The van der Waals surface area contributed by atoms with E-state index >= 15 is 0 Å². The second-order valence-corrected chi connectivity index (χ2v) is 9.75. The Kier molecular flexibility index (Phi) is 5.49. The first-order valence-electron chi connectivity index (χ1n) is 9.20. The Morgan fingerprint density at radius 3 is 2.24 bits per heavy atom. The first-order chi connectivity index (χ1) is 12.0. The fourth-order valence-corrected chi connectivity index (χ4v) is 5.93. The van der Waals surface area contributed by atoms with Crippen LogP contribution in [0.5, 0.6) is 0 Å². The van der Waals surface area contributed by atoms with Gasteiger partial charge in [-0.25, -0.2) is 8.42 Å². The lowest BCUT2D eigenvalue weighted by atomic mass is 9.87. The SMILES string of the molecule is O=C(NCC1(CO)CCCC1)c1ccc(S(=O)(=O)C2CCCC2)cc1. The number of rotatable bonds is 6. The number of amides is 1. The van der Waals surface area contributed by atoms with Crippen LogP contribution in [0.15, 0.2) is 29.2 Å². The number of hydrogen-bond donors (Lipinski definition) is 2. The van der Waals surface area contributed by atoms with Crippen molar-refractivity contribution in [2.24, 2.45) is 5.41 Å². The molecule has 5 nitrogen and oxygen atoms in total. The lowest BCUT2D eigenvalue weighted by Gasteiger charge is -2.26. The lowest BCUT2D eigenvalue weighted by molar-refractivity contribution is 0.0880. The predicted molar refractivity (Wildman–Crippen MR) is 96.2 cm³/mol. The molecule has 0 atom stereocenters. The van der Waals surface area contributed by atoms with Crippen molar-refractivity contribution in [2.75, 3.05) is 13.2 Å². The smallest absolute Gasteiger partial charge is 0.251 e. The van der Waals surface area contributed by atoms with Crippen LogP contribution < -0.4 is 5.32 Å². The van der Waals surface area contributed by atoms with Crippen LogP contribution in [0.2, 0.25) is 0 Å². The minimum absolute atomic E-state index is 0.0891. The van der Waals surface area contributed by atoms with E-state index in [2.05, 4.69) is 5.32 Å². The van der Waals surface area contributed by atoms with Crippen molar-refractivity contribution >= 4 is 15.7 Å². The quantitative estimate of drug-likeness (QED) is 0.812. The number of nitrogens with one attached hydrogen (secondary N) is 1. The molecule has 25 heavy (non-hydrogen) atoms. The average molecular weight is 365 g/mol. The highest BCUT2D eigenvalue weighted by molar-refractivity contribution is 7.92. The third-order valence-electron chi connectivity index (χ3n) is 5.81. The van der Waals surface area contributed by atoms with Crippen LogP contribution in [0.4, 0.5) is 0 Å². The van der Waals surface area contributed by atoms with Crippen LogP contribution in [-0.2, 0) is 9.84 Å². The van der Waals surface area contributed by atoms with E-state index in [1.807, 2.05) is 0 Å². The Morgan fingerprint density at radius 2 is 1.68 bits per heavy atom. The van der Waals surface area contributed by atoms with Crippen LogP contribution in [-0.4, -0.2) is 37.8 Å². The Hall–Kier alpha value is -1.40. The molecule has 0 bridgehead atoms. The molecule has 0 unspecified atom stereocenters. The third kappa shape index (κ3) is 3.90. The van der Waals surface area contributed by atoms with Gasteiger partial charge in [-0.15, -0.1) is 0 Å². The number of carbonyl (C=O) groups excluding carboxylic acids is 1.